The molecule has 2 aliphatic rings. The molecule has 0 bridgehead atoms. The number of rotatable bonds is 26. The van der Waals surface area contributed by atoms with Crippen LogP contribution in [0.5, 0.6) is 11.5 Å². The number of nitriles is 1. The summed E-state index contributed by atoms with van der Waals surface area (Å²) < 4.78 is 89.3. The molecule has 4 aromatic heterocycles. The Bertz CT molecular complexity index is 3830. The van der Waals surface area contributed by atoms with Gasteiger partial charge in [0.25, 0.3) is 20.0 Å². The first-order valence-electron chi connectivity index (χ1n) is 28.8. The second-order valence-corrected chi connectivity index (χ2v) is 25.4. The van der Waals surface area contributed by atoms with Gasteiger partial charge in [0.15, 0.2) is 28.1 Å². The maximum absolute atomic E-state index is 14.8. The average Bonchev–Trinajstić information content (AvgIpc) is 1.24. The number of nitrogens with zero attached hydrogens (tertiary/aromatic N) is 9. The van der Waals surface area contributed by atoms with E-state index in [1.54, 1.807) is 47.6 Å². The highest BCUT2D eigenvalue weighted by atomic mass is 32.2. The molecule has 0 radical (unpaired) electrons. The van der Waals surface area contributed by atoms with Crippen LogP contribution in [-0.2, 0) is 43.3 Å². The maximum Gasteiger partial charge on any atom is 0.336 e. The van der Waals surface area contributed by atoms with Gasteiger partial charge in [0.1, 0.15) is 54.2 Å². The largest absolute Gasteiger partial charge is 0.497 e. The zero-order valence-corrected chi connectivity index (χ0v) is 52.0. The predicted molar refractivity (Wildman–Crippen MR) is 328 cm³/mol. The van der Waals surface area contributed by atoms with Crippen molar-refractivity contribution in [3.05, 3.63) is 161 Å². The fourth-order valence-electron chi connectivity index (χ4n) is 10.8. The first-order chi connectivity index (χ1) is 42.3. The molecule has 6 heterocycles. The van der Waals surface area contributed by atoms with E-state index in [1.807, 2.05) is 133 Å². The van der Waals surface area contributed by atoms with E-state index in [2.05, 4.69) is 51.0 Å². The van der Waals surface area contributed by atoms with Crippen LogP contribution >= 0.6 is 8.53 Å². The van der Waals surface area contributed by atoms with E-state index >= 15 is 0 Å². The number of fused-ring (bicyclic) bond motifs is 2. The second kappa shape index (κ2) is 27.3. The van der Waals surface area contributed by atoms with Crippen molar-refractivity contribution in [1.29, 1.82) is 5.26 Å². The molecule has 2 aliphatic heterocycles. The summed E-state index contributed by atoms with van der Waals surface area (Å²) in [4.78, 5) is 52.2. The number of H-pyrrole nitrogens is 1. The minimum absolute atomic E-state index is 0.0405. The molecule has 0 aliphatic carbocycles. The van der Waals surface area contributed by atoms with Gasteiger partial charge in [0.05, 0.1) is 58.7 Å². The number of hydrogen-bond acceptors (Lipinski definition) is 20. The Hall–Kier alpha value is -7.80. The third-order valence-corrected chi connectivity index (χ3v) is 17.9. The second-order valence-electron chi connectivity index (χ2n) is 22.7. The van der Waals surface area contributed by atoms with Gasteiger partial charge in [0, 0.05) is 42.6 Å². The van der Waals surface area contributed by atoms with Crippen molar-refractivity contribution in [3.8, 4) is 17.6 Å². The lowest BCUT2D eigenvalue weighted by Gasteiger charge is -2.37. The number of hydrogen-bond donors (Lipinski definition) is 4. The highest BCUT2D eigenvalue weighted by molar-refractivity contribution is 7.84. The number of carbonyl (C=O) groups is 1. The van der Waals surface area contributed by atoms with Crippen molar-refractivity contribution in [3.63, 3.8) is 0 Å². The average molecular weight is 1240 g/mol. The highest BCUT2D eigenvalue weighted by Crippen LogP contribution is 2.50. The number of carbonyl (C=O) groups excluding carboxylic acids is 1. The summed E-state index contributed by atoms with van der Waals surface area (Å²) in [6, 6.07) is 35.3. The summed E-state index contributed by atoms with van der Waals surface area (Å²) in [6.07, 6.45) is -1.55. The van der Waals surface area contributed by atoms with Gasteiger partial charge >= 0.3 is 10.3 Å². The van der Waals surface area contributed by atoms with Crippen molar-refractivity contribution in [2.24, 2.45) is 0 Å². The molecule has 10 rings (SSSR count). The van der Waals surface area contributed by atoms with Gasteiger partial charge < -0.3 is 43.4 Å². The van der Waals surface area contributed by atoms with Crippen LogP contribution in [0.15, 0.2) is 133 Å². The van der Waals surface area contributed by atoms with Gasteiger partial charge in [-0.2, -0.15) is 23.4 Å². The van der Waals surface area contributed by atoms with E-state index in [0.29, 0.717) is 22.7 Å². The van der Waals surface area contributed by atoms with E-state index in [0.717, 1.165) is 16.7 Å². The maximum atomic E-state index is 14.8. The standard InChI is InChI=1S/C61H72N13O12PS/c1-38(2)74(39(3)4)87(82-30-16-29-62)85-46-31-50(72-36-65-52-54(63-35-64-55(52)72)68-57(75)40-17-12-10-13-18-40)83-48(46)33-67-88(77,78)86-47-32-51(73-37-66-53-56(73)69-59(70-58(53)76)71-60(5,6)7)84-49(47)34-81-61(41-19-14-11-15-20-41,42-21-25-44(79-8)26-22-42)43-23-27-45(80-9)28-24-43/h10-15,17-28,35-39,46-51,67H,16,30-34H2,1-9H3,(H,63,64,68,75)(H2,69,70,71,76)/t46-,47?,48+,49+,50+,51+,87?/m0/s1. The van der Waals surface area contributed by atoms with E-state index in [4.69, 9.17) is 41.9 Å². The van der Waals surface area contributed by atoms with Gasteiger partial charge in [-0.25, -0.2) is 24.6 Å². The van der Waals surface area contributed by atoms with Crippen molar-refractivity contribution < 1.29 is 50.1 Å². The molecule has 2 fully saturated rings. The quantitative estimate of drug-likeness (QED) is 0.0223. The number of imidazole rings is 2. The van der Waals surface area contributed by atoms with Gasteiger partial charge in [0.2, 0.25) is 5.95 Å². The third-order valence-electron chi connectivity index (χ3n) is 14.8. The Labute approximate surface area is 511 Å². The summed E-state index contributed by atoms with van der Waals surface area (Å²) in [6.45, 7) is 13.3. The predicted octanol–water partition coefficient (Wildman–Crippen LogP) is 8.90. The van der Waals surface area contributed by atoms with Gasteiger partial charge in [-0.05, 0) is 102 Å². The van der Waals surface area contributed by atoms with Crippen LogP contribution in [0.1, 0.15) is 107 Å². The van der Waals surface area contributed by atoms with Crippen LogP contribution in [0.4, 0.5) is 11.8 Å². The molecule has 4 aromatic carbocycles. The topological polar surface area (TPSA) is 295 Å². The lowest BCUT2D eigenvalue weighted by atomic mass is 9.80. The molecule has 8 aromatic rings. The summed E-state index contributed by atoms with van der Waals surface area (Å²) in [5.74, 6) is 1.21. The molecule has 464 valence electrons. The number of ether oxygens (including phenoxy) is 5. The monoisotopic (exact) mass is 1240 g/mol. The molecule has 27 heteroatoms. The molecule has 7 atom stereocenters. The molecule has 0 saturated carbocycles. The molecule has 4 N–H and O–H groups in total. The smallest absolute Gasteiger partial charge is 0.336 e. The van der Waals surface area contributed by atoms with E-state index in [-0.39, 0.29) is 79.6 Å². The minimum atomic E-state index is -4.75. The summed E-state index contributed by atoms with van der Waals surface area (Å²) in [5, 5.41) is 15.6. The molecular formula is C61H72N13O12PS. The molecule has 0 spiro atoms. The van der Waals surface area contributed by atoms with Crippen LogP contribution < -0.4 is 30.4 Å². The Morgan fingerprint density at radius 3 is 1.97 bits per heavy atom. The lowest BCUT2D eigenvalue weighted by Crippen LogP contribution is -2.43. The zero-order chi connectivity index (χ0) is 62.3. The number of anilines is 2. The Balaban J connectivity index is 0.981. The number of benzene rings is 4. The van der Waals surface area contributed by atoms with Crippen molar-refractivity contribution in [1.82, 2.24) is 48.4 Å². The molecule has 25 nitrogen and oxygen atoms in total. The van der Waals surface area contributed by atoms with Crippen LogP contribution in [-0.4, -0.2) is 134 Å². The first kappa shape index (κ1) is 63.2. The normalized spacial score (nSPS) is 19.4. The number of amides is 1. The summed E-state index contributed by atoms with van der Waals surface area (Å²) >= 11 is 0. The van der Waals surface area contributed by atoms with Crippen molar-refractivity contribution >= 4 is 58.8 Å². The number of methoxy groups -OCH3 is 2. The Morgan fingerprint density at radius 2 is 1.36 bits per heavy atom. The molecule has 2 saturated heterocycles. The van der Waals surface area contributed by atoms with Crippen LogP contribution in [0.25, 0.3) is 22.3 Å². The summed E-state index contributed by atoms with van der Waals surface area (Å²) in [7, 11) is -3.43. The van der Waals surface area contributed by atoms with Crippen LogP contribution in [0.3, 0.4) is 0 Å². The fourth-order valence-corrected chi connectivity index (χ4v) is 13.6. The Kier molecular flexibility index (Phi) is 19.6. The lowest BCUT2D eigenvalue weighted by molar-refractivity contribution is -0.0898. The molecule has 88 heavy (non-hydrogen) atoms. The number of aromatic nitrogens is 8. The highest BCUT2D eigenvalue weighted by Gasteiger charge is 2.47. The third kappa shape index (κ3) is 14.2. The minimum Gasteiger partial charge on any atom is -0.497 e. The van der Waals surface area contributed by atoms with Crippen LogP contribution in [0, 0.1) is 11.3 Å². The van der Waals surface area contributed by atoms with Gasteiger partial charge in [-0.15, -0.1) is 0 Å². The zero-order valence-electron chi connectivity index (χ0n) is 50.3. The van der Waals surface area contributed by atoms with E-state index < -0.39 is 78.3 Å². The number of nitrogens with one attached hydrogen (secondary N) is 4. The van der Waals surface area contributed by atoms with Crippen molar-refractivity contribution in [2.45, 2.75) is 128 Å². The fraction of sp³-hybridized carbons (Fsp3) is 0.410. The molecule has 1 amide bonds. The van der Waals surface area contributed by atoms with Crippen LogP contribution in [0.2, 0.25) is 0 Å². The van der Waals surface area contributed by atoms with E-state index in [1.165, 1.54) is 19.0 Å². The summed E-state index contributed by atoms with van der Waals surface area (Å²) in [5.41, 5.74) is 1.12. The van der Waals surface area contributed by atoms with Gasteiger partial charge in [-0.3, -0.25) is 27.9 Å². The SMILES string of the molecule is COc1ccc(C(OC[C@H]2O[C@@H](n3cnc4c(=O)[nH]c(NC(C)(C)C)nc43)CC2OS(=O)(=O)NC[C@H]2O[C@@H](n3cnc4c(NC(=O)c5ccccc5)ncnc43)C[C@@H]2OP(OCCC#N)N(C(C)C)C(C)C)(c2ccccc2)c2ccc(OC)cc2)cc1. The van der Waals surface area contributed by atoms with Crippen molar-refractivity contribution in [2.75, 3.05) is 44.6 Å². The first-order valence-corrected chi connectivity index (χ1v) is 31.3. The number of aromatic amines is 1. The molecule has 2 unspecified atom stereocenters. The van der Waals surface area contributed by atoms with E-state index in [9.17, 15) is 23.3 Å². The molecular weight excluding hydrogens is 1170 g/mol. The Morgan fingerprint density at radius 1 is 0.784 bits per heavy atom. The van der Waals surface area contributed by atoms with Gasteiger partial charge in [-0.1, -0.05) is 72.8 Å².